The number of aromatic hydroxyl groups is 1. The van der Waals surface area contributed by atoms with Crippen molar-refractivity contribution >= 4 is 44.5 Å². The minimum atomic E-state index is -0.359. The lowest BCUT2D eigenvalue weighted by Crippen LogP contribution is -2.07. The van der Waals surface area contributed by atoms with Gasteiger partial charge in [-0.1, -0.05) is 15.9 Å². The molecule has 5 nitrogen and oxygen atoms in total. The maximum Gasteiger partial charge on any atom is 0.341 e. The number of fused-ring (bicyclic) bond motifs is 1. The Labute approximate surface area is 158 Å². The lowest BCUT2D eigenvalue weighted by atomic mass is 9.95. The molecule has 0 unspecified atom stereocenters. The molecule has 1 aliphatic rings. The third-order valence-electron chi connectivity index (χ3n) is 4.15. The minimum Gasteiger partial charge on any atom is -0.504 e. The first-order valence-electron chi connectivity index (χ1n) is 7.88. The van der Waals surface area contributed by atoms with Gasteiger partial charge < -0.3 is 14.6 Å². The number of rotatable bonds is 4. The average molecular weight is 424 g/mol. The summed E-state index contributed by atoms with van der Waals surface area (Å²) in [6.07, 6.45) is 5.59. The highest BCUT2D eigenvalue weighted by Crippen LogP contribution is 2.40. The number of ether oxygens (including phenoxy) is 2. The Balaban J connectivity index is 2.04. The number of halogens is 1. The number of methoxy groups -OCH3 is 2. The van der Waals surface area contributed by atoms with Crippen LogP contribution in [0.3, 0.4) is 0 Å². The summed E-state index contributed by atoms with van der Waals surface area (Å²) < 4.78 is 10.9. The Kier molecular flexibility index (Phi) is 5.44. The van der Waals surface area contributed by atoms with Crippen LogP contribution >= 0.6 is 27.3 Å². The van der Waals surface area contributed by atoms with Crippen LogP contribution in [0.2, 0.25) is 0 Å². The van der Waals surface area contributed by atoms with E-state index in [1.165, 1.54) is 30.4 Å². The van der Waals surface area contributed by atoms with Gasteiger partial charge in [-0.3, -0.25) is 0 Å². The molecule has 0 atom stereocenters. The van der Waals surface area contributed by atoms with Gasteiger partial charge in [0.15, 0.2) is 11.5 Å². The summed E-state index contributed by atoms with van der Waals surface area (Å²) in [5.41, 5.74) is 2.12. The first-order valence-corrected chi connectivity index (χ1v) is 9.49. The van der Waals surface area contributed by atoms with Gasteiger partial charge in [0.25, 0.3) is 0 Å². The summed E-state index contributed by atoms with van der Waals surface area (Å²) in [4.78, 5) is 17.9. The van der Waals surface area contributed by atoms with E-state index in [0.29, 0.717) is 21.9 Å². The maximum atomic E-state index is 12.2. The number of carbonyl (C=O) groups is 1. The molecule has 0 fully saturated rings. The van der Waals surface area contributed by atoms with Crippen LogP contribution in [0.15, 0.2) is 21.6 Å². The second kappa shape index (κ2) is 7.58. The van der Waals surface area contributed by atoms with Gasteiger partial charge in [0, 0.05) is 21.1 Å². The molecule has 0 amide bonds. The van der Waals surface area contributed by atoms with E-state index < -0.39 is 0 Å². The third kappa shape index (κ3) is 3.57. The molecule has 132 valence electrons. The molecule has 0 radical (unpaired) electrons. The number of phenolic OH excluding ortho intramolecular Hbond substituents is 1. The zero-order valence-corrected chi connectivity index (χ0v) is 16.4. The number of hydrogen-bond donors (Lipinski definition) is 1. The number of nitrogens with zero attached hydrogens (tertiary/aromatic N) is 1. The fourth-order valence-corrected chi connectivity index (χ4v) is 4.61. The van der Waals surface area contributed by atoms with Crippen molar-refractivity contribution in [3.8, 4) is 11.5 Å². The summed E-state index contributed by atoms with van der Waals surface area (Å²) in [6, 6.07) is 3.42. The van der Waals surface area contributed by atoms with Crippen LogP contribution in [-0.4, -0.2) is 31.5 Å². The molecule has 25 heavy (non-hydrogen) atoms. The van der Waals surface area contributed by atoms with Crippen molar-refractivity contribution in [3.63, 3.8) is 0 Å². The average Bonchev–Trinajstić information content (AvgIpc) is 2.99. The SMILES string of the molecule is COC(=O)c1c(N=Cc2cc(Br)cc(OC)c2O)sc2c1CCCC2. The Morgan fingerprint density at radius 3 is 2.80 bits per heavy atom. The molecule has 0 saturated heterocycles. The monoisotopic (exact) mass is 423 g/mol. The second-order valence-corrected chi connectivity index (χ2v) is 7.69. The van der Waals surface area contributed by atoms with Crippen molar-refractivity contribution in [1.82, 2.24) is 0 Å². The van der Waals surface area contributed by atoms with Gasteiger partial charge in [0.2, 0.25) is 0 Å². The molecule has 3 rings (SSSR count). The number of benzene rings is 1. The molecule has 7 heteroatoms. The number of hydrogen-bond acceptors (Lipinski definition) is 6. The predicted molar refractivity (Wildman–Crippen MR) is 102 cm³/mol. The fourth-order valence-electron chi connectivity index (χ4n) is 2.93. The van der Waals surface area contributed by atoms with E-state index in [0.717, 1.165) is 35.7 Å². The highest BCUT2D eigenvalue weighted by molar-refractivity contribution is 9.10. The molecule has 0 bridgehead atoms. The van der Waals surface area contributed by atoms with Crippen molar-refractivity contribution in [2.75, 3.05) is 14.2 Å². The molecule has 1 aromatic carbocycles. The predicted octanol–water partition coefficient (Wildman–Crippen LogP) is 4.64. The van der Waals surface area contributed by atoms with Crippen LogP contribution in [0.1, 0.15) is 39.2 Å². The van der Waals surface area contributed by atoms with Crippen molar-refractivity contribution in [2.24, 2.45) is 4.99 Å². The molecule has 2 aromatic rings. The third-order valence-corrected chi connectivity index (χ3v) is 5.81. The van der Waals surface area contributed by atoms with Gasteiger partial charge in [-0.05, 0) is 43.4 Å². The highest BCUT2D eigenvalue weighted by Gasteiger charge is 2.25. The van der Waals surface area contributed by atoms with Gasteiger partial charge in [-0.25, -0.2) is 9.79 Å². The quantitative estimate of drug-likeness (QED) is 0.574. The Morgan fingerprint density at radius 1 is 1.32 bits per heavy atom. The van der Waals surface area contributed by atoms with Crippen molar-refractivity contribution in [1.29, 1.82) is 0 Å². The van der Waals surface area contributed by atoms with Crippen molar-refractivity contribution in [3.05, 3.63) is 38.2 Å². The standard InChI is InChI=1S/C18H18BrNO4S/c1-23-13-8-11(19)7-10(16(13)21)9-20-17-15(18(22)24-2)12-5-3-4-6-14(12)25-17/h7-9,21H,3-6H2,1-2H3. The largest absolute Gasteiger partial charge is 0.504 e. The van der Waals surface area contributed by atoms with Crippen LogP contribution in [0, 0.1) is 0 Å². The van der Waals surface area contributed by atoms with E-state index in [2.05, 4.69) is 20.9 Å². The fraction of sp³-hybridized carbons (Fsp3) is 0.333. The van der Waals surface area contributed by atoms with Gasteiger partial charge in [0.05, 0.1) is 19.8 Å². The van der Waals surface area contributed by atoms with Crippen LogP contribution in [0.4, 0.5) is 5.00 Å². The van der Waals surface area contributed by atoms with E-state index in [4.69, 9.17) is 9.47 Å². The molecule has 0 saturated carbocycles. The summed E-state index contributed by atoms with van der Waals surface area (Å²) >= 11 is 4.91. The van der Waals surface area contributed by atoms with Gasteiger partial charge >= 0.3 is 5.97 Å². The summed E-state index contributed by atoms with van der Waals surface area (Å²) in [7, 11) is 2.87. The van der Waals surface area contributed by atoms with E-state index in [9.17, 15) is 9.90 Å². The lowest BCUT2D eigenvalue weighted by Gasteiger charge is -2.11. The zero-order chi connectivity index (χ0) is 18.0. The van der Waals surface area contributed by atoms with E-state index in [-0.39, 0.29) is 11.7 Å². The Bertz CT molecular complexity index is 844. The topological polar surface area (TPSA) is 68.1 Å². The zero-order valence-electron chi connectivity index (χ0n) is 14.0. The van der Waals surface area contributed by atoms with E-state index >= 15 is 0 Å². The van der Waals surface area contributed by atoms with Gasteiger partial charge in [-0.15, -0.1) is 11.3 Å². The summed E-state index contributed by atoms with van der Waals surface area (Å²) in [5, 5.41) is 10.9. The number of esters is 1. The second-order valence-electron chi connectivity index (χ2n) is 5.69. The van der Waals surface area contributed by atoms with E-state index in [1.807, 2.05) is 0 Å². The maximum absolute atomic E-state index is 12.2. The van der Waals surface area contributed by atoms with Crippen molar-refractivity contribution < 1.29 is 19.4 Å². The number of aliphatic imine (C=N–C) groups is 1. The normalized spacial score (nSPS) is 13.7. The van der Waals surface area contributed by atoms with E-state index in [1.54, 1.807) is 18.3 Å². The van der Waals surface area contributed by atoms with Crippen LogP contribution in [0.5, 0.6) is 11.5 Å². The molecule has 1 aliphatic carbocycles. The highest BCUT2D eigenvalue weighted by atomic mass is 79.9. The number of phenols is 1. The van der Waals surface area contributed by atoms with Crippen LogP contribution in [-0.2, 0) is 17.6 Å². The number of aryl methyl sites for hydroxylation is 1. The Hall–Kier alpha value is -1.86. The summed E-state index contributed by atoms with van der Waals surface area (Å²) in [6.45, 7) is 0. The molecule has 1 aromatic heterocycles. The first-order chi connectivity index (χ1) is 12.0. The minimum absolute atomic E-state index is 0.00962. The van der Waals surface area contributed by atoms with Gasteiger partial charge in [0.1, 0.15) is 5.00 Å². The number of carbonyl (C=O) groups excluding carboxylic acids is 1. The smallest absolute Gasteiger partial charge is 0.341 e. The number of thiophene rings is 1. The molecule has 1 heterocycles. The molecular weight excluding hydrogens is 406 g/mol. The van der Waals surface area contributed by atoms with Gasteiger partial charge in [-0.2, -0.15) is 0 Å². The molecule has 1 N–H and O–H groups in total. The molecular formula is C18H18BrNO4S. The van der Waals surface area contributed by atoms with Crippen molar-refractivity contribution in [2.45, 2.75) is 25.7 Å². The van der Waals surface area contributed by atoms with Crippen LogP contribution < -0.4 is 4.74 Å². The van der Waals surface area contributed by atoms with Crippen LogP contribution in [0.25, 0.3) is 0 Å². The first kappa shape index (κ1) is 17.9. The molecule has 0 aliphatic heterocycles. The lowest BCUT2D eigenvalue weighted by molar-refractivity contribution is 0.0601. The Morgan fingerprint density at radius 2 is 2.08 bits per heavy atom. The summed E-state index contributed by atoms with van der Waals surface area (Å²) in [5.74, 6) is 0.00692. The molecule has 0 spiro atoms.